The predicted octanol–water partition coefficient (Wildman–Crippen LogP) is 41.1. The van der Waals surface area contributed by atoms with Gasteiger partial charge in [0, 0.05) is 89.0 Å². The molecule has 0 spiro atoms. The third-order valence-corrected chi connectivity index (χ3v) is 33.0. The molecule has 0 aliphatic carbocycles. The molecule has 0 N–H and O–H groups in total. The zero-order chi connectivity index (χ0) is 94.0. The number of para-hydroxylation sites is 2. The number of hydrogen-bond donors (Lipinski definition) is 0. The smallest absolute Gasteiger partial charge is 0.143 e. The third-order valence-electron chi connectivity index (χ3n) is 30.7. The summed E-state index contributed by atoms with van der Waals surface area (Å²) in [4.78, 5) is 0. The summed E-state index contributed by atoms with van der Waals surface area (Å²) in [6.07, 6.45) is 0. The van der Waals surface area contributed by atoms with E-state index in [4.69, 9.17) is 17.7 Å². The zero-order valence-electron chi connectivity index (χ0n) is 77.5. The molecule has 0 saturated carbocycles. The minimum Gasteiger partial charge on any atom is -0.456 e. The van der Waals surface area contributed by atoms with Crippen LogP contribution in [0.1, 0.15) is 0 Å². The second-order valence-electron chi connectivity index (χ2n) is 38.3. The molecule has 33 rings (SSSR count). The van der Waals surface area contributed by atoms with Crippen molar-refractivity contribution >= 4 is 248 Å². The largest absolute Gasteiger partial charge is 0.456 e. The van der Waals surface area contributed by atoms with Gasteiger partial charge >= 0.3 is 0 Å². The molecule has 6 aromatic heterocycles. The van der Waals surface area contributed by atoms with E-state index in [2.05, 4.69) is 467 Å². The van der Waals surface area contributed by atoms with E-state index >= 15 is 0 Å². The van der Waals surface area contributed by atoms with Gasteiger partial charge in [0.2, 0.25) is 0 Å². The Morgan fingerprint density at radius 2 is 0.396 bits per heavy atom. The van der Waals surface area contributed by atoms with Gasteiger partial charge in [-0.3, -0.25) is 0 Å². The minimum absolute atomic E-state index is 0.907. The van der Waals surface area contributed by atoms with Crippen LogP contribution in [0.3, 0.4) is 0 Å². The van der Waals surface area contributed by atoms with Gasteiger partial charge in [-0.1, -0.05) is 370 Å². The van der Waals surface area contributed by atoms with Gasteiger partial charge in [-0.15, -0.1) is 22.7 Å². The molecule has 0 amide bonds. The normalized spacial score (nSPS) is 12.2. The van der Waals surface area contributed by atoms with E-state index in [1.807, 2.05) is 28.7 Å². The van der Waals surface area contributed by atoms with Gasteiger partial charge in [-0.2, -0.15) is 0 Å². The van der Waals surface area contributed by atoms with E-state index in [-0.39, 0.29) is 0 Å². The van der Waals surface area contributed by atoms with Crippen LogP contribution in [-0.4, -0.2) is 0 Å². The molecule has 33 aromatic rings. The Morgan fingerprint density at radius 1 is 0.125 bits per heavy atom. The first-order chi connectivity index (χ1) is 71.4. The van der Waals surface area contributed by atoms with Gasteiger partial charge < -0.3 is 17.7 Å². The van der Waals surface area contributed by atoms with Crippen molar-refractivity contribution in [1.29, 1.82) is 0 Å². The first-order valence-electron chi connectivity index (χ1n) is 49.3. The summed E-state index contributed by atoms with van der Waals surface area (Å²) in [5.41, 5.74) is 29.6. The number of fused-ring (bicyclic) bond motifs is 15. The summed E-state index contributed by atoms with van der Waals surface area (Å²) >= 11 is 3.73. The molecular formula is C138H78O4S2. The maximum atomic E-state index is 6.56. The standard InChI is InChI=1S/C46H26O2.2C46H26OS/c1-2-15-30(28(13-1)36-21-10-22-37-29-14-7-8-23-39(29)48-46(36)37)43-31-16-3-5-18-33(31)44(34-19-6-4-17-32(34)43)38-26-27-12-9-24-40-42(27)45-35(38)20-11-25-41(45)47-40;1-3-16-34-32(14-1)43(29-11-7-10-27(24-29)28-22-23-42-37(25-28)31-13-5-6-21-41(31)48-42)33-15-2-4-17-35(33)45(34)38-26-30-12-8-19-39-44(30)46-36(38)18-9-20-40(46)47-39;1-3-13-34-32(11-1)43(28-21-19-27(20-22-28)29-23-24-42-37(25-29)31-10-5-6-18-41(31)48-42)33-12-2-4-14-35(33)45(34)38-26-30-9-7-16-39-44(30)46-36(38)15-8-17-40(46)47-39/h3*1-26H. The SMILES string of the molecule is c1cc(-c2ccc3sc4ccccc4c3c2)cc(-c2c3ccccc3c(-c3cc4cccc5oc6cccc3c6c45)c3ccccc23)c1.c1cc2cc(-c3c4ccccc4c(-c4ccc(-c5ccc6sc7ccccc7c6c5)cc4)c4ccccc34)c3cccc4oc(c1)c2c43.c1ccc(-c2cccc3c2oc2ccccc23)c(-c2c3ccccc3c(-c3cc4cccc5oc6cccc3c6c45)c3ccccc23)c1. The van der Waals surface area contributed by atoms with Gasteiger partial charge in [0.15, 0.2) is 0 Å². The van der Waals surface area contributed by atoms with Crippen LogP contribution in [0.15, 0.2) is 491 Å². The molecule has 0 saturated heterocycles. The van der Waals surface area contributed by atoms with Crippen LogP contribution >= 0.6 is 22.7 Å². The van der Waals surface area contributed by atoms with Crippen molar-refractivity contribution in [1.82, 2.24) is 0 Å². The van der Waals surface area contributed by atoms with Gasteiger partial charge in [-0.05, 0) is 295 Å². The van der Waals surface area contributed by atoms with Crippen LogP contribution < -0.4 is 0 Å². The van der Waals surface area contributed by atoms with Crippen LogP contribution in [0.5, 0.6) is 0 Å². The topological polar surface area (TPSA) is 52.6 Å². The second-order valence-corrected chi connectivity index (χ2v) is 40.5. The molecule has 6 heteroatoms. The molecule has 4 nitrogen and oxygen atoms in total. The van der Waals surface area contributed by atoms with Crippen molar-refractivity contribution in [2.75, 3.05) is 0 Å². The summed E-state index contributed by atoms with van der Waals surface area (Å²) in [5.74, 6) is 0. The molecular weight excluding hydrogens is 1790 g/mol. The summed E-state index contributed by atoms with van der Waals surface area (Å²) in [6, 6.07) is 172. The van der Waals surface area contributed by atoms with E-state index in [1.165, 1.54) is 259 Å². The molecule has 27 aromatic carbocycles. The van der Waals surface area contributed by atoms with E-state index in [0.717, 1.165) is 66.6 Å². The number of rotatable bonds is 9. The highest BCUT2D eigenvalue weighted by molar-refractivity contribution is 7.26. The Balaban J connectivity index is 0.0000000986. The molecule has 0 radical (unpaired) electrons. The highest BCUT2D eigenvalue weighted by Gasteiger charge is 2.29. The van der Waals surface area contributed by atoms with Crippen molar-refractivity contribution in [3.63, 3.8) is 0 Å². The first-order valence-corrected chi connectivity index (χ1v) is 50.9. The lowest BCUT2D eigenvalue weighted by Crippen LogP contribution is -1.93. The fourth-order valence-electron chi connectivity index (χ4n) is 24.6. The number of benzene rings is 27. The molecule has 0 aliphatic rings. The predicted molar refractivity (Wildman–Crippen MR) is 614 cm³/mol. The van der Waals surface area contributed by atoms with E-state index < -0.39 is 0 Å². The van der Waals surface area contributed by atoms with Crippen molar-refractivity contribution in [3.8, 4) is 100 Å². The van der Waals surface area contributed by atoms with Crippen LogP contribution in [0.2, 0.25) is 0 Å². The highest BCUT2D eigenvalue weighted by Crippen LogP contribution is 2.56. The lowest BCUT2D eigenvalue weighted by atomic mass is 9.82. The van der Waals surface area contributed by atoms with Crippen LogP contribution in [0.25, 0.3) is 325 Å². The van der Waals surface area contributed by atoms with Gasteiger partial charge in [-0.25, -0.2) is 0 Å². The summed E-state index contributed by atoms with van der Waals surface area (Å²) in [7, 11) is 0. The van der Waals surface area contributed by atoms with Gasteiger partial charge in [0.1, 0.15) is 44.7 Å². The highest BCUT2D eigenvalue weighted by atomic mass is 32.1. The number of thiophene rings is 2. The van der Waals surface area contributed by atoms with E-state index in [0.29, 0.717) is 0 Å². The Kier molecular flexibility index (Phi) is 17.7. The lowest BCUT2D eigenvalue weighted by Gasteiger charge is -2.20. The minimum atomic E-state index is 0.907. The molecule has 0 unspecified atom stereocenters. The van der Waals surface area contributed by atoms with Crippen molar-refractivity contribution in [3.05, 3.63) is 473 Å². The maximum Gasteiger partial charge on any atom is 0.143 e. The molecule has 666 valence electrons. The fraction of sp³-hybridized carbons (Fsp3) is 0. The Bertz CT molecular complexity index is 11000. The average Bonchev–Trinajstić information content (AvgIpc) is 1.53. The van der Waals surface area contributed by atoms with Crippen molar-refractivity contribution in [2.45, 2.75) is 0 Å². The zero-order valence-corrected chi connectivity index (χ0v) is 79.1. The Morgan fingerprint density at radius 3 is 0.826 bits per heavy atom. The molecule has 0 atom stereocenters. The van der Waals surface area contributed by atoms with Crippen LogP contribution in [0.4, 0.5) is 0 Å². The quantitative estimate of drug-likeness (QED) is 0.107. The summed E-state index contributed by atoms with van der Waals surface area (Å²) in [5, 5.41) is 37.1. The first kappa shape index (κ1) is 80.6. The van der Waals surface area contributed by atoms with Gasteiger partial charge in [0.25, 0.3) is 0 Å². The fourth-order valence-corrected chi connectivity index (χ4v) is 26.8. The van der Waals surface area contributed by atoms with Crippen LogP contribution in [0, 0.1) is 0 Å². The lowest BCUT2D eigenvalue weighted by molar-refractivity contribution is 0.669. The second kappa shape index (κ2) is 31.6. The monoisotopic (exact) mass is 1860 g/mol. The molecule has 0 fully saturated rings. The molecule has 6 heterocycles. The maximum absolute atomic E-state index is 6.56. The van der Waals surface area contributed by atoms with E-state index in [9.17, 15) is 0 Å². The average molecular weight is 1860 g/mol. The Hall–Kier alpha value is -18.3. The Labute approximate surface area is 832 Å². The van der Waals surface area contributed by atoms with Crippen molar-refractivity contribution in [2.24, 2.45) is 0 Å². The molecule has 144 heavy (non-hydrogen) atoms. The number of hydrogen-bond acceptors (Lipinski definition) is 6. The van der Waals surface area contributed by atoms with E-state index in [1.54, 1.807) is 0 Å². The molecule has 0 bridgehead atoms. The summed E-state index contributed by atoms with van der Waals surface area (Å²) in [6.45, 7) is 0. The number of furan rings is 4. The van der Waals surface area contributed by atoms with Gasteiger partial charge in [0.05, 0.1) is 0 Å². The van der Waals surface area contributed by atoms with Crippen LogP contribution in [-0.2, 0) is 0 Å². The van der Waals surface area contributed by atoms with Crippen molar-refractivity contribution < 1.29 is 17.7 Å². The molecule has 0 aliphatic heterocycles. The summed E-state index contributed by atoms with van der Waals surface area (Å²) < 4.78 is 30.9. The third kappa shape index (κ3) is 12.1.